The molecule has 0 spiro atoms. The topological polar surface area (TPSA) is 101 Å². The second-order valence-corrected chi connectivity index (χ2v) is 8.06. The summed E-state index contributed by atoms with van der Waals surface area (Å²) in [4.78, 5) is 0. The van der Waals surface area contributed by atoms with Gasteiger partial charge in [-0.25, -0.2) is 0 Å². The standard InChI is InChI=1S/C8H22N2O3Si.C6H11O2/c1-11-14(12-2,13-3)7-8(6-10)4-5-9;1-2-3-7-4-6-5-8-6/h8H,4-7,9-10H2,1-3H3;6H,1-5H2. The third-order valence-electron chi connectivity index (χ3n) is 3.37. The van der Waals surface area contributed by atoms with Crippen LogP contribution in [0.4, 0.5) is 0 Å². The average Bonchev–Trinajstić information content (AvgIpc) is 3.37. The molecule has 22 heavy (non-hydrogen) atoms. The summed E-state index contributed by atoms with van der Waals surface area (Å²) in [6, 6.07) is 0.726. The van der Waals surface area contributed by atoms with Gasteiger partial charge in [0, 0.05) is 34.0 Å². The van der Waals surface area contributed by atoms with Crippen LogP contribution in [0.2, 0.25) is 6.04 Å². The minimum atomic E-state index is -2.47. The highest BCUT2D eigenvalue weighted by molar-refractivity contribution is 6.60. The fourth-order valence-corrected chi connectivity index (χ4v) is 3.95. The Morgan fingerprint density at radius 3 is 2.18 bits per heavy atom. The van der Waals surface area contributed by atoms with Crippen LogP contribution in [0.3, 0.4) is 0 Å². The molecular formula is C14H33N2O5Si. The number of rotatable bonds is 12. The Morgan fingerprint density at radius 2 is 1.82 bits per heavy atom. The maximum absolute atomic E-state index is 5.63. The lowest BCUT2D eigenvalue weighted by molar-refractivity contribution is 0.118. The Balaban J connectivity index is 0.000000461. The van der Waals surface area contributed by atoms with Gasteiger partial charge in [-0.1, -0.05) is 6.92 Å². The van der Waals surface area contributed by atoms with E-state index in [1.54, 1.807) is 21.3 Å². The van der Waals surface area contributed by atoms with Gasteiger partial charge in [-0.2, -0.15) is 0 Å². The molecule has 0 bridgehead atoms. The smallest absolute Gasteiger partial charge is 0.379 e. The highest BCUT2D eigenvalue weighted by Gasteiger charge is 2.39. The number of epoxide rings is 1. The Kier molecular flexibility index (Phi) is 13.3. The van der Waals surface area contributed by atoms with Gasteiger partial charge in [-0.05, 0) is 31.8 Å². The Hall–Kier alpha value is -0.0631. The minimum Gasteiger partial charge on any atom is -0.379 e. The van der Waals surface area contributed by atoms with Crippen molar-refractivity contribution in [2.24, 2.45) is 17.4 Å². The Morgan fingerprint density at radius 1 is 1.23 bits per heavy atom. The maximum Gasteiger partial charge on any atom is 0.500 e. The maximum atomic E-state index is 5.63. The van der Waals surface area contributed by atoms with E-state index in [1.807, 2.05) is 0 Å². The summed E-state index contributed by atoms with van der Waals surface area (Å²) in [5.74, 6) is 0.312. The Bertz CT molecular complexity index is 245. The van der Waals surface area contributed by atoms with E-state index in [2.05, 4.69) is 6.92 Å². The van der Waals surface area contributed by atoms with Crippen LogP contribution in [0, 0.1) is 12.8 Å². The molecule has 4 N–H and O–H groups in total. The van der Waals surface area contributed by atoms with Crippen molar-refractivity contribution < 1.29 is 22.8 Å². The van der Waals surface area contributed by atoms with E-state index < -0.39 is 8.80 Å². The van der Waals surface area contributed by atoms with E-state index in [0.717, 1.165) is 38.7 Å². The van der Waals surface area contributed by atoms with E-state index in [0.29, 0.717) is 25.1 Å². The van der Waals surface area contributed by atoms with E-state index in [-0.39, 0.29) is 0 Å². The van der Waals surface area contributed by atoms with Crippen molar-refractivity contribution in [2.45, 2.75) is 25.0 Å². The fraction of sp³-hybridized carbons (Fsp3) is 0.929. The molecule has 1 radical (unpaired) electrons. The van der Waals surface area contributed by atoms with Crippen LogP contribution in [0.1, 0.15) is 12.8 Å². The highest BCUT2D eigenvalue weighted by Crippen LogP contribution is 2.20. The monoisotopic (exact) mass is 337 g/mol. The normalized spacial score (nSPS) is 18.5. The molecule has 2 atom stereocenters. The average molecular weight is 338 g/mol. The van der Waals surface area contributed by atoms with Crippen LogP contribution in [-0.4, -0.2) is 69.1 Å². The van der Waals surface area contributed by atoms with Crippen molar-refractivity contribution in [2.75, 3.05) is 54.2 Å². The van der Waals surface area contributed by atoms with Crippen LogP contribution in [0.5, 0.6) is 0 Å². The summed E-state index contributed by atoms with van der Waals surface area (Å²) in [6.45, 7) is 7.26. The quantitative estimate of drug-likeness (QED) is 0.302. The van der Waals surface area contributed by atoms with E-state index in [9.17, 15) is 0 Å². The summed E-state index contributed by atoms with van der Waals surface area (Å²) < 4.78 is 26.0. The lowest BCUT2D eigenvalue weighted by atomic mass is 10.1. The van der Waals surface area contributed by atoms with Crippen LogP contribution in [0.25, 0.3) is 0 Å². The SMILES string of the molecule is CO[Si](CC(CN)CCN)(OC)OC.[CH2]CCOCC1CO1. The number of hydrogen-bond acceptors (Lipinski definition) is 7. The zero-order valence-electron chi connectivity index (χ0n) is 14.2. The van der Waals surface area contributed by atoms with Crippen molar-refractivity contribution in [3.63, 3.8) is 0 Å². The summed E-state index contributed by atoms with van der Waals surface area (Å²) in [7, 11) is 2.34. The summed E-state index contributed by atoms with van der Waals surface area (Å²) in [5, 5.41) is 0. The molecular weight excluding hydrogens is 304 g/mol. The van der Waals surface area contributed by atoms with Crippen molar-refractivity contribution in [3.05, 3.63) is 6.92 Å². The molecule has 0 aliphatic carbocycles. The second-order valence-electron chi connectivity index (χ2n) is 5.06. The Labute approximate surface area is 135 Å². The third kappa shape index (κ3) is 9.85. The van der Waals surface area contributed by atoms with Crippen LogP contribution >= 0.6 is 0 Å². The van der Waals surface area contributed by atoms with Gasteiger partial charge < -0.3 is 34.2 Å². The molecule has 0 amide bonds. The molecule has 1 rings (SSSR count). The molecule has 0 aromatic carbocycles. The highest BCUT2D eigenvalue weighted by atomic mass is 28.4. The molecule has 1 aliphatic rings. The van der Waals surface area contributed by atoms with Crippen molar-refractivity contribution in [3.8, 4) is 0 Å². The molecule has 0 saturated carbocycles. The first kappa shape index (κ1) is 21.9. The zero-order valence-corrected chi connectivity index (χ0v) is 15.2. The third-order valence-corrected chi connectivity index (χ3v) is 6.32. The van der Waals surface area contributed by atoms with Crippen molar-refractivity contribution in [1.82, 2.24) is 0 Å². The molecule has 1 heterocycles. The molecule has 133 valence electrons. The van der Waals surface area contributed by atoms with Crippen molar-refractivity contribution in [1.29, 1.82) is 0 Å². The van der Waals surface area contributed by atoms with Gasteiger partial charge in [0.05, 0.1) is 13.2 Å². The largest absolute Gasteiger partial charge is 0.500 e. The van der Waals surface area contributed by atoms with Crippen LogP contribution in [-0.2, 0) is 22.8 Å². The number of nitrogens with two attached hydrogens (primary N) is 2. The molecule has 7 nitrogen and oxygen atoms in total. The van der Waals surface area contributed by atoms with Gasteiger partial charge >= 0.3 is 8.80 Å². The summed E-state index contributed by atoms with van der Waals surface area (Å²) in [6.07, 6.45) is 2.13. The minimum absolute atomic E-state index is 0.312. The zero-order chi connectivity index (χ0) is 16.8. The van der Waals surface area contributed by atoms with Crippen molar-refractivity contribution >= 4 is 8.80 Å². The summed E-state index contributed by atoms with van der Waals surface area (Å²) in [5.41, 5.74) is 11.1. The lowest BCUT2D eigenvalue weighted by Crippen LogP contribution is -2.45. The first-order valence-corrected chi connectivity index (χ1v) is 9.58. The van der Waals surface area contributed by atoms with Crippen LogP contribution < -0.4 is 11.5 Å². The van der Waals surface area contributed by atoms with Gasteiger partial charge in [0.1, 0.15) is 6.10 Å². The van der Waals surface area contributed by atoms with E-state index in [1.165, 1.54) is 0 Å². The lowest BCUT2D eigenvalue weighted by Gasteiger charge is -2.27. The first-order valence-electron chi connectivity index (χ1n) is 7.65. The molecule has 0 aromatic rings. The number of ether oxygens (including phenoxy) is 2. The molecule has 0 aromatic heterocycles. The van der Waals surface area contributed by atoms with Gasteiger partial charge in [0.2, 0.25) is 0 Å². The molecule has 1 saturated heterocycles. The molecule has 8 heteroatoms. The number of hydrogen-bond donors (Lipinski definition) is 2. The van der Waals surface area contributed by atoms with Gasteiger partial charge in [0.25, 0.3) is 0 Å². The second kappa shape index (κ2) is 13.4. The first-order chi connectivity index (χ1) is 10.6. The van der Waals surface area contributed by atoms with Crippen LogP contribution in [0.15, 0.2) is 0 Å². The fourth-order valence-electron chi connectivity index (χ4n) is 1.87. The van der Waals surface area contributed by atoms with Gasteiger partial charge in [-0.15, -0.1) is 0 Å². The van der Waals surface area contributed by atoms with Gasteiger partial charge in [0.15, 0.2) is 0 Å². The van der Waals surface area contributed by atoms with E-state index in [4.69, 9.17) is 34.2 Å². The predicted octanol–water partition coefficient (Wildman–Crippen LogP) is 0.414. The molecule has 1 fully saturated rings. The predicted molar refractivity (Wildman–Crippen MR) is 88.3 cm³/mol. The molecule has 2 unspecified atom stereocenters. The van der Waals surface area contributed by atoms with Gasteiger partial charge in [-0.3, -0.25) is 0 Å². The summed E-state index contributed by atoms with van der Waals surface area (Å²) >= 11 is 0. The van der Waals surface area contributed by atoms with E-state index >= 15 is 0 Å². The molecule has 1 aliphatic heterocycles.